The topological polar surface area (TPSA) is 21.3 Å². The van der Waals surface area contributed by atoms with E-state index < -0.39 is 0 Å². The first-order chi connectivity index (χ1) is 9.81. The predicted molar refractivity (Wildman–Crippen MR) is 83.2 cm³/mol. The maximum Gasteiger partial charge on any atom is 0.0587 e. The largest absolute Gasteiger partial charge is 0.378 e. The monoisotopic (exact) mass is 273 g/mol. The summed E-state index contributed by atoms with van der Waals surface area (Å²) in [7, 11) is 0. The summed E-state index contributed by atoms with van der Waals surface area (Å²) in [6.45, 7) is 4.25. The molecule has 1 saturated heterocycles. The molecule has 1 saturated carbocycles. The number of nitrogens with one attached hydrogen (secondary N) is 1. The fourth-order valence-corrected chi connectivity index (χ4v) is 3.38. The lowest BCUT2D eigenvalue weighted by molar-refractivity contribution is 0.0107. The lowest BCUT2D eigenvalue weighted by atomic mass is 9.75. The molecule has 0 spiro atoms. The number of ether oxygens (including phenoxy) is 1. The second kappa shape index (κ2) is 6.73. The highest BCUT2D eigenvalue weighted by Crippen LogP contribution is 2.36. The molecule has 110 valence electrons. The first kappa shape index (κ1) is 14.1. The molecule has 0 amide bonds. The van der Waals surface area contributed by atoms with Crippen LogP contribution in [0, 0.1) is 6.92 Å². The van der Waals surface area contributed by atoms with Crippen LogP contribution in [0.5, 0.6) is 0 Å². The van der Waals surface area contributed by atoms with Crippen LogP contribution in [0.25, 0.3) is 0 Å². The van der Waals surface area contributed by atoms with Crippen molar-refractivity contribution in [2.24, 2.45) is 0 Å². The Morgan fingerprint density at radius 1 is 1.15 bits per heavy atom. The molecule has 2 fully saturated rings. The van der Waals surface area contributed by atoms with E-state index in [0.717, 1.165) is 25.1 Å². The minimum atomic E-state index is 0.518. The van der Waals surface area contributed by atoms with Gasteiger partial charge in [0, 0.05) is 12.6 Å². The van der Waals surface area contributed by atoms with Crippen molar-refractivity contribution in [2.75, 3.05) is 13.2 Å². The Labute approximate surface area is 122 Å². The fourth-order valence-electron chi connectivity index (χ4n) is 3.38. The zero-order chi connectivity index (χ0) is 13.8. The van der Waals surface area contributed by atoms with Crippen molar-refractivity contribution in [1.29, 1.82) is 0 Å². The molecule has 1 unspecified atom stereocenters. The first-order valence-electron chi connectivity index (χ1n) is 8.23. The normalized spacial score (nSPS) is 29.9. The van der Waals surface area contributed by atoms with E-state index in [0.29, 0.717) is 6.10 Å². The van der Waals surface area contributed by atoms with Crippen molar-refractivity contribution in [3.8, 4) is 0 Å². The van der Waals surface area contributed by atoms with Gasteiger partial charge in [0.1, 0.15) is 0 Å². The molecule has 2 aliphatic rings. The zero-order valence-electron chi connectivity index (χ0n) is 12.6. The van der Waals surface area contributed by atoms with Crippen LogP contribution in [0.2, 0.25) is 0 Å². The van der Waals surface area contributed by atoms with Gasteiger partial charge < -0.3 is 10.1 Å². The molecule has 1 N–H and O–H groups in total. The molecule has 3 rings (SSSR count). The molecule has 1 aliphatic carbocycles. The Hall–Kier alpha value is -0.860. The summed E-state index contributed by atoms with van der Waals surface area (Å²) in [6.07, 6.45) is 8.17. The van der Waals surface area contributed by atoms with E-state index in [1.807, 2.05) is 0 Å². The minimum absolute atomic E-state index is 0.518. The van der Waals surface area contributed by atoms with E-state index in [1.54, 1.807) is 0 Å². The maximum absolute atomic E-state index is 5.77. The van der Waals surface area contributed by atoms with Crippen LogP contribution in [0.15, 0.2) is 24.3 Å². The SMILES string of the molecule is Cc1ccc(C2CC(NCCC3CCCCO3)C2)cc1. The molecule has 1 aliphatic heterocycles. The number of benzene rings is 1. The highest BCUT2D eigenvalue weighted by atomic mass is 16.5. The van der Waals surface area contributed by atoms with Crippen LogP contribution in [0.1, 0.15) is 55.6 Å². The fraction of sp³-hybridized carbons (Fsp3) is 0.667. The second-order valence-electron chi connectivity index (χ2n) is 6.51. The molecule has 1 heterocycles. The summed E-state index contributed by atoms with van der Waals surface area (Å²) in [4.78, 5) is 0. The summed E-state index contributed by atoms with van der Waals surface area (Å²) in [6, 6.07) is 9.79. The van der Waals surface area contributed by atoms with E-state index in [-0.39, 0.29) is 0 Å². The van der Waals surface area contributed by atoms with E-state index >= 15 is 0 Å². The van der Waals surface area contributed by atoms with E-state index in [9.17, 15) is 0 Å². The Balaban J connectivity index is 1.33. The summed E-state index contributed by atoms with van der Waals surface area (Å²) in [5.41, 5.74) is 2.87. The van der Waals surface area contributed by atoms with Crippen molar-refractivity contribution < 1.29 is 4.74 Å². The van der Waals surface area contributed by atoms with Crippen LogP contribution in [0.4, 0.5) is 0 Å². The third-order valence-electron chi connectivity index (χ3n) is 4.86. The predicted octanol–water partition coefficient (Wildman–Crippen LogP) is 3.79. The van der Waals surface area contributed by atoms with Gasteiger partial charge in [0.05, 0.1) is 6.10 Å². The molecule has 20 heavy (non-hydrogen) atoms. The Kier molecular flexibility index (Phi) is 4.74. The van der Waals surface area contributed by atoms with Crippen LogP contribution in [0.3, 0.4) is 0 Å². The molecule has 2 heteroatoms. The summed E-state index contributed by atoms with van der Waals surface area (Å²) < 4.78 is 5.77. The molecular weight excluding hydrogens is 246 g/mol. The Morgan fingerprint density at radius 2 is 1.95 bits per heavy atom. The molecule has 1 aromatic carbocycles. The van der Waals surface area contributed by atoms with Gasteiger partial charge in [-0.2, -0.15) is 0 Å². The number of rotatable bonds is 5. The molecular formula is C18H27NO. The highest BCUT2D eigenvalue weighted by molar-refractivity contribution is 5.26. The highest BCUT2D eigenvalue weighted by Gasteiger charge is 2.29. The molecule has 2 nitrogen and oxygen atoms in total. The van der Waals surface area contributed by atoms with Gasteiger partial charge in [0.2, 0.25) is 0 Å². The van der Waals surface area contributed by atoms with Gasteiger partial charge in [0.15, 0.2) is 0 Å². The van der Waals surface area contributed by atoms with Crippen molar-refractivity contribution in [3.05, 3.63) is 35.4 Å². The van der Waals surface area contributed by atoms with Gasteiger partial charge in [-0.1, -0.05) is 29.8 Å². The van der Waals surface area contributed by atoms with Gasteiger partial charge in [-0.3, -0.25) is 0 Å². The average Bonchev–Trinajstić information content (AvgIpc) is 2.44. The second-order valence-corrected chi connectivity index (χ2v) is 6.51. The third kappa shape index (κ3) is 3.62. The summed E-state index contributed by atoms with van der Waals surface area (Å²) in [5.74, 6) is 0.777. The van der Waals surface area contributed by atoms with Crippen molar-refractivity contribution in [3.63, 3.8) is 0 Å². The Bertz CT molecular complexity index is 402. The van der Waals surface area contributed by atoms with Gasteiger partial charge >= 0.3 is 0 Å². The Morgan fingerprint density at radius 3 is 2.65 bits per heavy atom. The van der Waals surface area contributed by atoms with Crippen molar-refractivity contribution in [1.82, 2.24) is 5.32 Å². The van der Waals surface area contributed by atoms with Crippen molar-refractivity contribution >= 4 is 0 Å². The number of hydrogen-bond donors (Lipinski definition) is 1. The van der Waals surface area contributed by atoms with E-state index in [4.69, 9.17) is 4.74 Å². The molecule has 0 aromatic heterocycles. The van der Waals surface area contributed by atoms with Crippen molar-refractivity contribution in [2.45, 2.75) is 63.5 Å². The van der Waals surface area contributed by atoms with Gasteiger partial charge in [-0.05, 0) is 63.5 Å². The van der Waals surface area contributed by atoms with E-state index in [1.165, 1.54) is 49.7 Å². The maximum atomic E-state index is 5.77. The van der Waals surface area contributed by atoms with Crippen LogP contribution < -0.4 is 5.32 Å². The summed E-state index contributed by atoms with van der Waals surface area (Å²) in [5, 5.41) is 3.70. The van der Waals surface area contributed by atoms with Crippen LogP contribution >= 0.6 is 0 Å². The van der Waals surface area contributed by atoms with E-state index in [2.05, 4.69) is 36.5 Å². The molecule has 1 aromatic rings. The smallest absolute Gasteiger partial charge is 0.0587 e. The number of aryl methyl sites for hydroxylation is 1. The molecule has 0 radical (unpaired) electrons. The van der Waals surface area contributed by atoms with Crippen LogP contribution in [-0.4, -0.2) is 25.3 Å². The zero-order valence-corrected chi connectivity index (χ0v) is 12.6. The molecule has 0 bridgehead atoms. The average molecular weight is 273 g/mol. The first-order valence-corrected chi connectivity index (χ1v) is 8.23. The lowest BCUT2D eigenvalue weighted by Gasteiger charge is -2.37. The summed E-state index contributed by atoms with van der Waals surface area (Å²) >= 11 is 0. The quantitative estimate of drug-likeness (QED) is 0.881. The standard InChI is InChI=1S/C18H27NO/c1-14-5-7-15(8-6-14)16-12-17(13-16)19-10-9-18-4-2-3-11-20-18/h5-8,16-19H,2-4,9-13H2,1H3. The van der Waals surface area contributed by atoms with Crippen LogP contribution in [-0.2, 0) is 4.74 Å². The third-order valence-corrected chi connectivity index (χ3v) is 4.86. The molecule has 1 atom stereocenters. The minimum Gasteiger partial charge on any atom is -0.378 e. The number of hydrogen-bond acceptors (Lipinski definition) is 2. The lowest BCUT2D eigenvalue weighted by Crippen LogP contribution is -2.41. The van der Waals surface area contributed by atoms with Gasteiger partial charge in [-0.25, -0.2) is 0 Å². The van der Waals surface area contributed by atoms with Gasteiger partial charge in [0.25, 0.3) is 0 Å². The van der Waals surface area contributed by atoms with Gasteiger partial charge in [-0.15, -0.1) is 0 Å².